The van der Waals surface area contributed by atoms with Crippen LogP contribution in [0.15, 0.2) is 29.3 Å². The Bertz CT molecular complexity index is 1120. The van der Waals surface area contributed by atoms with Gasteiger partial charge in [0.1, 0.15) is 11.4 Å². The molecule has 5 rings (SSSR count). The number of fused-ring (bicyclic) bond motifs is 3. The number of aliphatic imine (C=N–C) groups is 1. The third-order valence-electron chi connectivity index (χ3n) is 6.47. The van der Waals surface area contributed by atoms with Crippen molar-refractivity contribution in [3.8, 4) is 0 Å². The Morgan fingerprint density at radius 2 is 2.10 bits per heavy atom. The van der Waals surface area contributed by atoms with Crippen LogP contribution in [-0.4, -0.2) is 51.9 Å². The second-order valence-electron chi connectivity index (χ2n) is 8.35. The van der Waals surface area contributed by atoms with Crippen LogP contribution in [0.1, 0.15) is 35.8 Å². The smallest absolute Gasteiger partial charge is 0.375 e. The van der Waals surface area contributed by atoms with Crippen LogP contribution in [0.3, 0.4) is 0 Å². The predicted molar refractivity (Wildman–Crippen MR) is 114 cm³/mol. The minimum absolute atomic E-state index is 0.146. The number of amides is 3. The van der Waals surface area contributed by atoms with E-state index in [1.165, 1.54) is 9.80 Å². The van der Waals surface area contributed by atoms with Gasteiger partial charge in [0, 0.05) is 18.7 Å². The van der Waals surface area contributed by atoms with E-state index in [1.807, 2.05) is 30.5 Å². The summed E-state index contributed by atoms with van der Waals surface area (Å²) in [6, 6.07) is 6.17. The third kappa shape index (κ3) is 3.16. The van der Waals surface area contributed by atoms with Crippen LogP contribution >= 0.6 is 11.6 Å². The first kappa shape index (κ1) is 20.2. The molecular weight excluding hydrogens is 418 g/mol. The fraction of sp³-hybridized carbons (Fsp3) is 0.455. The van der Waals surface area contributed by atoms with E-state index in [2.05, 4.69) is 4.57 Å². The molecule has 0 bridgehead atoms. The minimum Gasteiger partial charge on any atom is -0.375 e. The Labute approximate surface area is 185 Å². The van der Waals surface area contributed by atoms with Crippen molar-refractivity contribution >= 4 is 35.3 Å². The lowest BCUT2D eigenvalue weighted by atomic mass is 10.1. The molecule has 0 N–H and O–H groups in total. The molecule has 2 saturated heterocycles. The molecule has 3 aliphatic rings. The molecule has 0 saturated carbocycles. The maximum Gasteiger partial charge on any atom is 0.402 e. The Kier molecular flexibility index (Phi) is 4.86. The lowest BCUT2D eigenvalue weighted by molar-refractivity contribution is -0.695. The number of hydrogen-bond acceptors (Lipinski definition) is 4. The fourth-order valence-electron chi connectivity index (χ4n) is 4.68. The van der Waals surface area contributed by atoms with Crippen LogP contribution in [0, 0.1) is 13.8 Å². The monoisotopic (exact) mass is 442 g/mol. The van der Waals surface area contributed by atoms with Gasteiger partial charge in [-0.1, -0.05) is 28.7 Å². The Morgan fingerprint density at radius 1 is 1.29 bits per heavy atom. The topological polar surface area (TPSA) is 71.0 Å². The number of amidine groups is 1. The van der Waals surface area contributed by atoms with Crippen LogP contribution in [-0.2, 0) is 22.6 Å². The Balaban J connectivity index is 1.52. The highest BCUT2D eigenvalue weighted by molar-refractivity contribution is 6.30. The largest absolute Gasteiger partial charge is 0.402 e. The highest BCUT2D eigenvalue weighted by Gasteiger charge is 2.54. The Hall–Kier alpha value is -2.71. The molecule has 8 nitrogen and oxygen atoms in total. The first-order valence-corrected chi connectivity index (χ1v) is 10.9. The average molecular weight is 443 g/mol. The number of halogens is 1. The van der Waals surface area contributed by atoms with Gasteiger partial charge in [-0.25, -0.2) is 13.9 Å². The molecule has 2 fully saturated rings. The summed E-state index contributed by atoms with van der Waals surface area (Å²) in [7, 11) is 1.67. The number of imide groups is 1. The quantitative estimate of drug-likeness (QED) is 0.683. The number of imidazole rings is 1. The van der Waals surface area contributed by atoms with Gasteiger partial charge >= 0.3 is 12.0 Å². The second-order valence-corrected chi connectivity index (χ2v) is 8.79. The van der Waals surface area contributed by atoms with Crippen LogP contribution in [0.25, 0.3) is 0 Å². The number of nitrogens with zero attached hydrogens (tertiary/aromatic N) is 5. The van der Waals surface area contributed by atoms with E-state index in [0.29, 0.717) is 23.4 Å². The molecule has 3 aliphatic heterocycles. The number of hydrogen-bond donors (Lipinski definition) is 0. The lowest BCUT2D eigenvalue weighted by Gasteiger charge is -2.33. The van der Waals surface area contributed by atoms with E-state index >= 15 is 0 Å². The van der Waals surface area contributed by atoms with E-state index < -0.39 is 6.04 Å². The van der Waals surface area contributed by atoms with E-state index in [0.717, 1.165) is 36.4 Å². The zero-order valence-corrected chi connectivity index (χ0v) is 18.6. The number of urea groups is 1. The van der Waals surface area contributed by atoms with Gasteiger partial charge in [-0.3, -0.25) is 14.6 Å². The molecule has 0 radical (unpaired) electrons. The molecule has 9 heteroatoms. The summed E-state index contributed by atoms with van der Waals surface area (Å²) < 4.78 is 9.89. The van der Waals surface area contributed by atoms with Crippen LogP contribution in [0.4, 0.5) is 10.7 Å². The van der Waals surface area contributed by atoms with E-state index in [4.69, 9.17) is 21.3 Å². The zero-order chi connectivity index (χ0) is 21.9. The van der Waals surface area contributed by atoms with Gasteiger partial charge in [0.25, 0.3) is 5.91 Å². The second kappa shape index (κ2) is 7.46. The number of benzene rings is 1. The average Bonchev–Trinajstić information content (AvgIpc) is 3.44. The fourth-order valence-corrected chi connectivity index (χ4v) is 4.89. The van der Waals surface area contributed by atoms with Gasteiger partial charge in [0.2, 0.25) is 11.9 Å². The van der Waals surface area contributed by atoms with Crippen molar-refractivity contribution in [2.24, 2.45) is 4.99 Å². The van der Waals surface area contributed by atoms with Crippen LogP contribution in [0.2, 0.25) is 5.02 Å². The number of carbonyl (C=O) groups is 2. The molecule has 1 aromatic carbocycles. The Morgan fingerprint density at radius 3 is 2.81 bits per heavy atom. The van der Waals surface area contributed by atoms with Gasteiger partial charge in [0.15, 0.2) is 0 Å². The summed E-state index contributed by atoms with van der Waals surface area (Å²) >= 11 is 6.10. The highest BCUT2D eigenvalue weighted by atomic mass is 35.5. The SMILES string of the molecule is Cc1c(C)[n+](CC2CCCO2)c2n1C1C(=O)N(Cc3cccc(Cl)c3)C(=O)N(C)C1=N2. The number of rotatable bonds is 4. The first-order chi connectivity index (χ1) is 14.9. The number of ether oxygens (including phenoxy) is 1. The predicted octanol–water partition coefficient (Wildman–Crippen LogP) is 2.90. The lowest BCUT2D eigenvalue weighted by Crippen LogP contribution is -2.57. The van der Waals surface area contributed by atoms with Crippen molar-refractivity contribution in [3.05, 3.63) is 46.2 Å². The molecule has 1 aromatic heterocycles. The molecule has 3 amide bonds. The maximum atomic E-state index is 13.5. The standard InChI is InChI=1S/C22H25ClN5O3/c1-13-14(2)28-18-19(24-21(28)26(13)12-17-8-5-9-31-17)25(3)22(30)27(20(18)29)11-15-6-4-7-16(23)10-15/h4,6-7,10,17-18H,5,8-9,11-12H2,1-3H3/q+1. The first-order valence-electron chi connectivity index (χ1n) is 10.5. The molecule has 31 heavy (non-hydrogen) atoms. The van der Waals surface area contributed by atoms with Crippen LogP contribution < -0.4 is 4.57 Å². The molecule has 2 unspecified atom stereocenters. The van der Waals surface area contributed by atoms with Crippen molar-refractivity contribution in [3.63, 3.8) is 0 Å². The van der Waals surface area contributed by atoms with Crippen molar-refractivity contribution < 1.29 is 18.9 Å². The van der Waals surface area contributed by atoms with Gasteiger partial charge in [-0.15, -0.1) is 0 Å². The molecule has 0 spiro atoms. The summed E-state index contributed by atoms with van der Waals surface area (Å²) in [5.74, 6) is 0.891. The molecule has 4 heterocycles. The third-order valence-corrected chi connectivity index (χ3v) is 6.70. The molecule has 2 aromatic rings. The van der Waals surface area contributed by atoms with E-state index in [9.17, 15) is 9.59 Å². The molecule has 2 atom stereocenters. The van der Waals surface area contributed by atoms with Crippen molar-refractivity contribution in [2.45, 2.75) is 51.9 Å². The summed E-state index contributed by atoms with van der Waals surface area (Å²) in [6.45, 7) is 5.67. The number of carbonyl (C=O) groups excluding carboxylic acids is 2. The molecule has 0 aliphatic carbocycles. The molecule has 162 valence electrons. The highest BCUT2D eigenvalue weighted by Crippen LogP contribution is 2.36. The zero-order valence-electron chi connectivity index (χ0n) is 17.8. The number of aromatic nitrogens is 2. The summed E-state index contributed by atoms with van der Waals surface area (Å²) in [4.78, 5) is 34.1. The van der Waals surface area contributed by atoms with Crippen molar-refractivity contribution in [1.29, 1.82) is 0 Å². The normalized spacial score (nSPS) is 22.8. The van der Waals surface area contributed by atoms with E-state index in [1.54, 1.807) is 19.2 Å². The molecular formula is C22H25ClN5O3+. The maximum absolute atomic E-state index is 13.5. The van der Waals surface area contributed by atoms with Gasteiger partial charge in [-0.2, -0.15) is 0 Å². The summed E-state index contributed by atoms with van der Waals surface area (Å²) in [5, 5.41) is 0.570. The number of likely N-dealkylation sites (N-methyl/N-ethyl adjacent to an activating group) is 1. The summed E-state index contributed by atoms with van der Waals surface area (Å²) in [5.41, 5.74) is 2.83. The summed E-state index contributed by atoms with van der Waals surface area (Å²) in [6.07, 6.45) is 2.22. The van der Waals surface area contributed by atoms with Crippen LogP contribution in [0.5, 0.6) is 0 Å². The van der Waals surface area contributed by atoms with E-state index in [-0.39, 0.29) is 24.6 Å². The van der Waals surface area contributed by atoms with Gasteiger partial charge < -0.3 is 4.74 Å². The van der Waals surface area contributed by atoms with Gasteiger partial charge in [0.05, 0.1) is 19.2 Å². The van der Waals surface area contributed by atoms with Gasteiger partial charge in [-0.05, 0) is 44.4 Å². The minimum atomic E-state index is -0.652. The van der Waals surface area contributed by atoms with Crippen molar-refractivity contribution in [1.82, 2.24) is 14.4 Å². The van der Waals surface area contributed by atoms with Crippen molar-refractivity contribution in [2.75, 3.05) is 13.7 Å².